The van der Waals surface area contributed by atoms with Crippen molar-refractivity contribution < 1.29 is 4.79 Å². The number of hydrogen-bond donors (Lipinski definition) is 1. The van der Waals surface area contributed by atoms with Crippen molar-refractivity contribution in [2.45, 2.75) is 25.8 Å². The van der Waals surface area contributed by atoms with Crippen molar-refractivity contribution in [3.63, 3.8) is 0 Å². The molecular formula is C23H29N3OS. The van der Waals surface area contributed by atoms with E-state index < -0.39 is 0 Å². The van der Waals surface area contributed by atoms with Gasteiger partial charge in [0.15, 0.2) is 0 Å². The molecule has 1 unspecified atom stereocenters. The van der Waals surface area contributed by atoms with Crippen LogP contribution in [-0.4, -0.2) is 48.5 Å². The molecule has 0 radical (unpaired) electrons. The molecule has 5 heteroatoms. The Balaban J connectivity index is 1.38. The molecule has 4 rings (SSSR count). The normalized spacial score (nSPS) is 19.9. The van der Waals surface area contributed by atoms with Crippen LogP contribution < -0.4 is 10.2 Å². The summed E-state index contributed by atoms with van der Waals surface area (Å²) in [5.41, 5.74) is 4.71. The summed E-state index contributed by atoms with van der Waals surface area (Å²) >= 11 is 2.03. The average Bonchev–Trinajstić information content (AvgIpc) is 2.71. The molecule has 0 bridgehead atoms. The van der Waals surface area contributed by atoms with E-state index in [-0.39, 0.29) is 5.91 Å². The molecule has 0 saturated carbocycles. The molecule has 0 aliphatic carbocycles. The summed E-state index contributed by atoms with van der Waals surface area (Å²) in [4.78, 5) is 17.4. The number of nitrogens with zero attached hydrogens (tertiary/aromatic N) is 2. The zero-order valence-corrected chi connectivity index (χ0v) is 17.4. The van der Waals surface area contributed by atoms with Crippen LogP contribution in [0.15, 0.2) is 48.5 Å². The Morgan fingerprint density at radius 3 is 2.79 bits per heavy atom. The number of nitrogens with one attached hydrogen (secondary N) is 1. The van der Waals surface area contributed by atoms with Crippen LogP contribution in [0.25, 0.3) is 0 Å². The molecular weight excluding hydrogens is 366 g/mol. The van der Waals surface area contributed by atoms with Crippen molar-refractivity contribution in [1.82, 2.24) is 4.90 Å². The first-order chi connectivity index (χ1) is 13.7. The van der Waals surface area contributed by atoms with E-state index in [1.165, 1.54) is 28.3 Å². The van der Waals surface area contributed by atoms with Crippen LogP contribution >= 0.6 is 11.8 Å². The number of hydrogen-bond acceptors (Lipinski definition) is 4. The molecule has 2 aliphatic heterocycles. The van der Waals surface area contributed by atoms with Gasteiger partial charge in [0.2, 0.25) is 5.91 Å². The molecule has 1 atom stereocenters. The van der Waals surface area contributed by atoms with Crippen molar-refractivity contribution in [2.75, 3.05) is 47.9 Å². The maximum Gasteiger partial charge on any atom is 0.243 e. The highest BCUT2D eigenvalue weighted by molar-refractivity contribution is 7.99. The number of rotatable bonds is 5. The fourth-order valence-electron chi connectivity index (χ4n) is 4.12. The van der Waals surface area contributed by atoms with Gasteiger partial charge in [0.1, 0.15) is 0 Å². The minimum atomic E-state index is 0.0517. The van der Waals surface area contributed by atoms with E-state index in [1.54, 1.807) is 0 Å². The third-order valence-electron chi connectivity index (χ3n) is 5.70. The number of fused-ring (bicyclic) bond motifs is 1. The van der Waals surface area contributed by atoms with Gasteiger partial charge in [0.05, 0.1) is 6.54 Å². The van der Waals surface area contributed by atoms with Gasteiger partial charge in [-0.3, -0.25) is 9.69 Å². The number of para-hydroxylation sites is 1. The Labute approximate surface area is 172 Å². The third-order valence-corrected chi connectivity index (χ3v) is 6.64. The second-order valence-corrected chi connectivity index (χ2v) is 9.03. The van der Waals surface area contributed by atoms with Gasteiger partial charge >= 0.3 is 0 Å². The maximum absolute atomic E-state index is 12.7. The molecule has 4 nitrogen and oxygen atoms in total. The Hall–Kier alpha value is -1.98. The highest BCUT2D eigenvalue weighted by Gasteiger charge is 2.23. The SMILES string of the molecule is CC1CCN(CC(=O)Nc2cccc(CN3CCSCC3)c2)c2ccccc21. The fraction of sp³-hybridized carbons (Fsp3) is 0.435. The molecule has 1 saturated heterocycles. The molecule has 148 valence electrons. The van der Waals surface area contributed by atoms with E-state index in [4.69, 9.17) is 0 Å². The smallest absolute Gasteiger partial charge is 0.243 e. The van der Waals surface area contributed by atoms with E-state index in [1.807, 2.05) is 23.9 Å². The lowest BCUT2D eigenvalue weighted by Crippen LogP contribution is -2.37. The van der Waals surface area contributed by atoms with Gasteiger partial charge in [-0.05, 0) is 41.7 Å². The third kappa shape index (κ3) is 4.70. The number of carbonyl (C=O) groups excluding carboxylic acids is 1. The average molecular weight is 396 g/mol. The maximum atomic E-state index is 12.7. The lowest BCUT2D eigenvalue weighted by Gasteiger charge is -2.34. The van der Waals surface area contributed by atoms with E-state index in [9.17, 15) is 4.79 Å². The summed E-state index contributed by atoms with van der Waals surface area (Å²) in [7, 11) is 0. The van der Waals surface area contributed by atoms with Gasteiger partial charge in [-0.25, -0.2) is 0 Å². The van der Waals surface area contributed by atoms with Crippen LogP contribution in [0.2, 0.25) is 0 Å². The van der Waals surface area contributed by atoms with E-state index >= 15 is 0 Å². The summed E-state index contributed by atoms with van der Waals surface area (Å²) in [6.07, 6.45) is 1.09. The van der Waals surface area contributed by atoms with Gasteiger partial charge in [-0.15, -0.1) is 0 Å². The Kier molecular flexibility index (Phi) is 6.23. The second-order valence-electron chi connectivity index (χ2n) is 7.81. The molecule has 1 amide bonds. The summed E-state index contributed by atoms with van der Waals surface area (Å²) in [6, 6.07) is 16.8. The number of anilines is 2. The van der Waals surface area contributed by atoms with Gasteiger partial charge in [0, 0.05) is 49.1 Å². The van der Waals surface area contributed by atoms with Crippen LogP contribution in [0, 0.1) is 0 Å². The van der Waals surface area contributed by atoms with Crippen molar-refractivity contribution in [3.8, 4) is 0 Å². The molecule has 2 heterocycles. The van der Waals surface area contributed by atoms with Gasteiger partial charge < -0.3 is 10.2 Å². The zero-order valence-electron chi connectivity index (χ0n) is 16.6. The first-order valence-electron chi connectivity index (χ1n) is 10.2. The highest BCUT2D eigenvalue weighted by Crippen LogP contribution is 2.34. The largest absolute Gasteiger partial charge is 0.362 e. The van der Waals surface area contributed by atoms with Crippen molar-refractivity contribution in [2.24, 2.45) is 0 Å². The quantitative estimate of drug-likeness (QED) is 0.824. The Bertz CT molecular complexity index is 819. The molecule has 2 aliphatic rings. The Morgan fingerprint density at radius 2 is 1.93 bits per heavy atom. The molecule has 1 fully saturated rings. The summed E-state index contributed by atoms with van der Waals surface area (Å²) in [5.74, 6) is 3.04. The highest BCUT2D eigenvalue weighted by atomic mass is 32.2. The van der Waals surface area contributed by atoms with Crippen molar-refractivity contribution in [1.29, 1.82) is 0 Å². The molecule has 2 aromatic rings. The molecule has 1 N–H and O–H groups in total. The molecule has 0 spiro atoms. The van der Waals surface area contributed by atoms with Crippen LogP contribution in [0.5, 0.6) is 0 Å². The van der Waals surface area contributed by atoms with Crippen LogP contribution in [0.4, 0.5) is 11.4 Å². The summed E-state index contributed by atoms with van der Waals surface area (Å²) in [6.45, 7) is 6.85. The van der Waals surface area contributed by atoms with Gasteiger partial charge in [0.25, 0.3) is 0 Å². The number of carbonyl (C=O) groups is 1. The van der Waals surface area contributed by atoms with Gasteiger partial charge in [-0.2, -0.15) is 11.8 Å². The standard InChI is InChI=1S/C23H29N3OS/c1-18-9-10-26(22-8-3-2-7-21(18)22)17-23(27)24-20-6-4-5-19(15-20)16-25-11-13-28-14-12-25/h2-8,15,18H,9-14,16-17H2,1H3,(H,24,27). The second kappa shape index (κ2) is 9.01. The van der Waals surface area contributed by atoms with E-state index in [0.717, 1.165) is 38.3 Å². The van der Waals surface area contributed by atoms with E-state index in [0.29, 0.717) is 12.5 Å². The first-order valence-corrected chi connectivity index (χ1v) is 11.4. The lowest BCUT2D eigenvalue weighted by molar-refractivity contribution is -0.115. The predicted molar refractivity (Wildman–Crippen MR) is 119 cm³/mol. The first kappa shape index (κ1) is 19.3. The summed E-state index contributed by atoms with van der Waals surface area (Å²) < 4.78 is 0. The molecule has 28 heavy (non-hydrogen) atoms. The minimum absolute atomic E-state index is 0.0517. The van der Waals surface area contributed by atoms with Crippen LogP contribution in [0.1, 0.15) is 30.4 Å². The minimum Gasteiger partial charge on any atom is -0.362 e. The summed E-state index contributed by atoms with van der Waals surface area (Å²) in [5, 5.41) is 3.11. The molecule has 2 aromatic carbocycles. The predicted octanol–water partition coefficient (Wildman–Crippen LogP) is 4.19. The van der Waals surface area contributed by atoms with Crippen molar-refractivity contribution >= 4 is 29.0 Å². The zero-order chi connectivity index (χ0) is 19.3. The number of thioether (sulfide) groups is 1. The monoisotopic (exact) mass is 395 g/mol. The molecule has 0 aromatic heterocycles. The lowest BCUT2D eigenvalue weighted by atomic mass is 9.91. The van der Waals surface area contributed by atoms with Gasteiger partial charge in [-0.1, -0.05) is 37.3 Å². The van der Waals surface area contributed by atoms with Crippen LogP contribution in [0.3, 0.4) is 0 Å². The van der Waals surface area contributed by atoms with Crippen molar-refractivity contribution in [3.05, 3.63) is 59.7 Å². The van der Waals surface area contributed by atoms with E-state index in [2.05, 4.69) is 58.4 Å². The Morgan fingerprint density at radius 1 is 1.11 bits per heavy atom. The number of amides is 1. The topological polar surface area (TPSA) is 35.6 Å². The number of benzene rings is 2. The van der Waals surface area contributed by atoms with Crippen LogP contribution in [-0.2, 0) is 11.3 Å². The fourth-order valence-corrected chi connectivity index (χ4v) is 5.10.